The van der Waals surface area contributed by atoms with E-state index in [1.54, 1.807) is 7.11 Å². The highest BCUT2D eigenvalue weighted by atomic mass is 16.5. The van der Waals surface area contributed by atoms with Crippen LogP contribution >= 0.6 is 0 Å². The summed E-state index contributed by atoms with van der Waals surface area (Å²) in [6.07, 6.45) is 8.77. The maximum atomic E-state index is 5.25. The summed E-state index contributed by atoms with van der Waals surface area (Å²) >= 11 is 0. The van der Waals surface area contributed by atoms with Crippen LogP contribution in [-0.4, -0.2) is 23.3 Å². The van der Waals surface area contributed by atoms with Crippen molar-refractivity contribution in [3.63, 3.8) is 0 Å². The third-order valence-electron chi connectivity index (χ3n) is 4.19. The lowest BCUT2D eigenvalue weighted by atomic mass is 9.90. The fourth-order valence-electron chi connectivity index (χ4n) is 3.11. The molecule has 112 valence electrons. The molecular formula is C17H23N3O. The zero-order valence-electron chi connectivity index (χ0n) is 12.8. The lowest BCUT2D eigenvalue weighted by molar-refractivity contribution is 0.163. The first kappa shape index (κ1) is 14.1. The maximum Gasteiger partial charge on any atom is 0.207 e. The molecule has 1 aromatic carbocycles. The van der Waals surface area contributed by atoms with Crippen molar-refractivity contribution in [2.24, 2.45) is 0 Å². The van der Waals surface area contributed by atoms with E-state index >= 15 is 0 Å². The number of aryl methyl sites for hydroxylation is 1. The molecule has 4 heteroatoms. The van der Waals surface area contributed by atoms with Gasteiger partial charge in [-0.05, 0) is 49.8 Å². The summed E-state index contributed by atoms with van der Waals surface area (Å²) in [6, 6.07) is 6.81. The zero-order chi connectivity index (χ0) is 14.7. The Morgan fingerprint density at radius 1 is 1.33 bits per heavy atom. The minimum Gasteiger partial charge on any atom is -0.383 e. The van der Waals surface area contributed by atoms with Gasteiger partial charge in [-0.1, -0.05) is 12.1 Å². The topological polar surface area (TPSA) is 39.1 Å². The molecule has 1 unspecified atom stereocenters. The summed E-state index contributed by atoms with van der Waals surface area (Å²) in [7, 11) is 1.73. The van der Waals surface area contributed by atoms with Crippen molar-refractivity contribution in [1.82, 2.24) is 9.55 Å². The van der Waals surface area contributed by atoms with E-state index in [1.807, 2.05) is 12.4 Å². The van der Waals surface area contributed by atoms with Crippen LogP contribution in [0.15, 0.2) is 30.6 Å². The van der Waals surface area contributed by atoms with Gasteiger partial charge in [-0.15, -0.1) is 0 Å². The van der Waals surface area contributed by atoms with Crippen molar-refractivity contribution in [3.05, 3.63) is 41.7 Å². The molecule has 3 rings (SSSR count). The average molecular weight is 285 g/mol. The molecule has 0 fully saturated rings. The van der Waals surface area contributed by atoms with E-state index < -0.39 is 0 Å². The molecule has 0 amide bonds. The largest absolute Gasteiger partial charge is 0.383 e. The summed E-state index contributed by atoms with van der Waals surface area (Å²) in [5, 5.41) is 3.52. The summed E-state index contributed by atoms with van der Waals surface area (Å²) < 4.78 is 7.38. The zero-order valence-corrected chi connectivity index (χ0v) is 12.8. The Kier molecular flexibility index (Phi) is 4.25. The van der Waals surface area contributed by atoms with Crippen molar-refractivity contribution in [2.45, 2.75) is 38.6 Å². The summed E-state index contributed by atoms with van der Waals surface area (Å²) in [6.45, 7) is 2.81. The van der Waals surface area contributed by atoms with Gasteiger partial charge in [0.25, 0.3) is 0 Å². The number of fused-ring (bicyclic) bond motifs is 1. The number of rotatable bonds is 5. The molecule has 0 aliphatic heterocycles. The second kappa shape index (κ2) is 6.31. The first-order valence-electron chi connectivity index (χ1n) is 7.69. The first-order chi connectivity index (χ1) is 10.3. The lowest BCUT2D eigenvalue weighted by Crippen LogP contribution is -2.14. The lowest BCUT2D eigenvalue weighted by Gasteiger charge is -2.21. The van der Waals surface area contributed by atoms with Gasteiger partial charge in [0.15, 0.2) is 0 Å². The van der Waals surface area contributed by atoms with Crippen LogP contribution < -0.4 is 5.32 Å². The SMILES string of the molecule is COCC(C)n1ccnc1Nc1cccc2c1CCCC2. The highest BCUT2D eigenvalue weighted by Gasteiger charge is 2.15. The summed E-state index contributed by atoms with van der Waals surface area (Å²) in [4.78, 5) is 4.46. The Labute approximate surface area is 126 Å². The molecule has 1 aliphatic rings. The number of hydrogen-bond acceptors (Lipinski definition) is 3. The summed E-state index contributed by atoms with van der Waals surface area (Å²) in [5.74, 6) is 0.888. The number of hydrogen-bond donors (Lipinski definition) is 1. The van der Waals surface area contributed by atoms with E-state index in [4.69, 9.17) is 4.74 Å². The molecule has 2 aromatic rings. The number of nitrogens with one attached hydrogen (secondary N) is 1. The van der Waals surface area contributed by atoms with Crippen LogP contribution in [0.5, 0.6) is 0 Å². The monoisotopic (exact) mass is 285 g/mol. The van der Waals surface area contributed by atoms with Gasteiger partial charge in [0.05, 0.1) is 12.6 Å². The third kappa shape index (κ3) is 2.95. The van der Waals surface area contributed by atoms with Crippen LogP contribution in [0.3, 0.4) is 0 Å². The number of aromatic nitrogens is 2. The van der Waals surface area contributed by atoms with Gasteiger partial charge in [0, 0.05) is 25.2 Å². The van der Waals surface area contributed by atoms with Crippen LogP contribution in [0, 0.1) is 0 Å². The van der Waals surface area contributed by atoms with Gasteiger partial charge in [-0.3, -0.25) is 0 Å². The van der Waals surface area contributed by atoms with Crippen molar-refractivity contribution in [3.8, 4) is 0 Å². The molecule has 1 heterocycles. The van der Waals surface area contributed by atoms with E-state index in [0.29, 0.717) is 6.61 Å². The predicted octanol–water partition coefficient (Wildman–Crippen LogP) is 3.71. The van der Waals surface area contributed by atoms with Gasteiger partial charge < -0.3 is 14.6 Å². The number of benzene rings is 1. The van der Waals surface area contributed by atoms with Crippen LogP contribution in [0.2, 0.25) is 0 Å². The van der Waals surface area contributed by atoms with Gasteiger partial charge in [0.1, 0.15) is 0 Å². The Morgan fingerprint density at radius 3 is 3.05 bits per heavy atom. The average Bonchev–Trinajstić information content (AvgIpc) is 2.96. The molecule has 1 atom stereocenters. The minimum absolute atomic E-state index is 0.263. The van der Waals surface area contributed by atoms with E-state index in [9.17, 15) is 0 Å². The number of anilines is 2. The van der Waals surface area contributed by atoms with E-state index in [2.05, 4.69) is 40.0 Å². The van der Waals surface area contributed by atoms with E-state index in [-0.39, 0.29) is 6.04 Å². The molecule has 1 aliphatic carbocycles. The van der Waals surface area contributed by atoms with Gasteiger partial charge in [-0.2, -0.15) is 0 Å². The Morgan fingerprint density at radius 2 is 2.19 bits per heavy atom. The molecule has 0 radical (unpaired) electrons. The van der Waals surface area contributed by atoms with Crippen LogP contribution in [0.1, 0.15) is 36.9 Å². The van der Waals surface area contributed by atoms with E-state index in [0.717, 1.165) is 12.4 Å². The van der Waals surface area contributed by atoms with Gasteiger partial charge in [-0.25, -0.2) is 4.98 Å². The highest BCUT2D eigenvalue weighted by Crippen LogP contribution is 2.30. The van der Waals surface area contributed by atoms with Crippen molar-refractivity contribution in [1.29, 1.82) is 0 Å². The quantitative estimate of drug-likeness (QED) is 0.910. The van der Waals surface area contributed by atoms with Crippen molar-refractivity contribution >= 4 is 11.6 Å². The Bertz CT molecular complexity index is 606. The Balaban J connectivity index is 1.86. The molecule has 0 bridgehead atoms. The molecule has 0 saturated carbocycles. The Hall–Kier alpha value is -1.81. The smallest absolute Gasteiger partial charge is 0.207 e. The first-order valence-corrected chi connectivity index (χ1v) is 7.69. The van der Waals surface area contributed by atoms with Crippen LogP contribution in [-0.2, 0) is 17.6 Å². The molecule has 21 heavy (non-hydrogen) atoms. The van der Waals surface area contributed by atoms with Crippen molar-refractivity contribution in [2.75, 3.05) is 19.0 Å². The molecule has 4 nitrogen and oxygen atoms in total. The molecule has 0 saturated heterocycles. The predicted molar refractivity (Wildman–Crippen MR) is 85.2 cm³/mol. The molecule has 1 aromatic heterocycles. The fourth-order valence-corrected chi connectivity index (χ4v) is 3.11. The normalized spacial score (nSPS) is 15.5. The summed E-state index contributed by atoms with van der Waals surface area (Å²) in [5.41, 5.74) is 4.14. The standard InChI is InChI=1S/C17H23N3O/c1-13(12-21-2)20-11-10-18-17(20)19-16-9-5-7-14-6-3-4-8-15(14)16/h5,7,9-11,13H,3-4,6,8,12H2,1-2H3,(H,18,19). The molecular weight excluding hydrogens is 262 g/mol. The number of nitrogens with zero attached hydrogens (tertiary/aromatic N) is 2. The number of imidazole rings is 1. The second-order valence-corrected chi connectivity index (χ2v) is 5.74. The fraction of sp³-hybridized carbons (Fsp3) is 0.471. The third-order valence-corrected chi connectivity index (χ3v) is 4.19. The van der Waals surface area contributed by atoms with Crippen LogP contribution in [0.4, 0.5) is 11.6 Å². The maximum absolute atomic E-state index is 5.25. The molecule has 1 N–H and O–H groups in total. The highest BCUT2D eigenvalue weighted by molar-refractivity contribution is 5.61. The van der Waals surface area contributed by atoms with Crippen molar-refractivity contribution < 1.29 is 4.74 Å². The van der Waals surface area contributed by atoms with E-state index in [1.165, 1.54) is 36.1 Å². The molecule has 0 spiro atoms. The van der Waals surface area contributed by atoms with Gasteiger partial charge >= 0.3 is 0 Å². The van der Waals surface area contributed by atoms with Crippen LogP contribution in [0.25, 0.3) is 0 Å². The minimum atomic E-state index is 0.263. The number of ether oxygens (including phenoxy) is 1. The second-order valence-electron chi connectivity index (χ2n) is 5.74. The number of methoxy groups -OCH3 is 1. The van der Waals surface area contributed by atoms with Gasteiger partial charge in [0.2, 0.25) is 5.95 Å².